The molecule has 0 spiro atoms. The maximum Gasteiger partial charge on any atom is 0.146 e. The van der Waals surface area contributed by atoms with Crippen LogP contribution in [-0.2, 0) is 9.47 Å². The molecular formula is C70H108O10. The highest BCUT2D eigenvalue weighted by Crippen LogP contribution is 2.52. The van der Waals surface area contributed by atoms with Crippen LogP contribution in [0.1, 0.15) is 321 Å². The van der Waals surface area contributed by atoms with Crippen molar-refractivity contribution in [1.29, 1.82) is 0 Å². The Balaban J connectivity index is 1.67. The van der Waals surface area contributed by atoms with Crippen LogP contribution in [0.3, 0.4) is 0 Å². The molecule has 448 valence electrons. The smallest absolute Gasteiger partial charge is 0.146 e. The minimum atomic E-state index is -0.569. The van der Waals surface area contributed by atoms with Crippen molar-refractivity contribution in [2.45, 2.75) is 276 Å². The van der Waals surface area contributed by atoms with Crippen molar-refractivity contribution < 1.29 is 50.3 Å². The van der Waals surface area contributed by atoms with Gasteiger partial charge in [-0.3, -0.25) is 0 Å². The molecule has 8 N–H and O–H groups in total. The number of aromatic hydroxyl groups is 8. The Bertz CT molecular complexity index is 2220. The third kappa shape index (κ3) is 20.9. The van der Waals surface area contributed by atoms with Gasteiger partial charge in [-0.25, -0.2) is 0 Å². The molecule has 0 aliphatic heterocycles. The van der Waals surface area contributed by atoms with E-state index in [4.69, 9.17) is 9.47 Å². The Morgan fingerprint density at radius 3 is 0.662 bits per heavy atom. The fourth-order valence-corrected chi connectivity index (χ4v) is 12.7. The second-order valence-corrected chi connectivity index (χ2v) is 23.7. The monoisotopic (exact) mass is 1110 g/mol. The largest absolute Gasteiger partial charge is 0.508 e. The number of hydrogen-bond acceptors (Lipinski definition) is 10. The van der Waals surface area contributed by atoms with E-state index < -0.39 is 23.7 Å². The molecule has 1 aliphatic rings. The molecule has 10 nitrogen and oxygen atoms in total. The van der Waals surface area contributed by atoms with Crippen LogP contribution in [0.5, 0.6) is 46.0 Å². The lowest BCUT2D eigenvalue weighted by Gasteiger charge is -2.29. The molecule has 0 saturated heterocycles. The molecule has 4 aromatic rings. The molecule has 1 aliphatic carbocycles. The number of benzene rings is 4. The van der Waals surface area contributed by atoms with Gasteiger partial charge in [0, 0.05) is 106 Å². The topological polar surface area (TPSA) is 180 Å². The van der Waals surface area contributed by atoms with Crippen molar-refractivity contribution in [3.8, 4) is 46.0 Å². The van der Waals surface area contributed by atoms with Crippen LogP contribution in [-0.4, -0.2) is 60.9 Å². The predicted molar refractivity (Wildman–Crippen MR) is 328 cm³/mol. The second-order valence-electron chi connectivity index (χ2n) is 23.7. The van der Waals surface area contributed by atoms with Crippen molar-refractivity contribution in [1.82, 2.24) is 0 Å². The number of ether oxygens (including phenoxy) is 2. The van der Waals surface area contributed by atoms with Crippen molar-refractivity contribution in [2.24, 2.45) is 0 Å². The molecule has 5 rings (SSSR count). The number of hydrogen-bond donors (Lipinski definition) is 8. The van der Waals surface area contributed by atoms with Crippen LogP contribution in [0, 0.1) is 0 Å². The Morgan fingerprint density at radius 1 is 0.250 bits per heavy atom. The van der Waals surface area contributed by atoms with Crippen LogP contribution in [0.4, 0.5) is 0 Å². The highest BCUT2D eigenvalue weighted by molar-refractivity contribution is 5.62. The molecule has 0 amide bonds. The summed E-state index contributed by atoms with van der Waals surface area (Å²) in [5.74, 6) is -3.07. The van der Waals surface area contributed by atoms with E-state index in [1.807, 2.05) is 31.2 Å². The molecule has 2 atom stereocenters. The van der Waals surface area contributed by atoms with Gasteiger partial charge in [-0.05, 0) is 63.3 Å². The summed E-state index contributed by atoms with van der Waals surface area (Å²) in [7, 11) is 0. The van der Waals surface area contributed by atoms with Crippen LogP contribution in [0.2, 0.25) is 0 Å². The molecule has 0 saturated carbocycles. The summed E-state index contributed by atoms with van der Waals surface area (Å²) in [6, 6.07) is 13.2. The van der Waals surface area contributed by atoms with Crippen molar-refractivity contribution >= 4 is 0 Å². The Hall–Kier alpha value is -4.80. The molecule has 8 bridgehead atoms. The summed E-state index contributed by atoms with van der Waals surface area (Å²) < 4.78 is 10.9. The molecule has 80 heavy (non-hydrogen) atoms. The molecule has 0 radical (unpaired) electrons. The van der Waals surface area contributed by atoms with Crippen LogP contribution < -0.4 is 0 Å². The van der Waals surface area contributed by atoms with E-state index in [1.54, 1.807) is 0 Å². The van der Waals surface area contributed by atoms with Crippen LogP contribution >= 0.6 is 0 Å². The maximum absolute atomic E-state index is 12.1. The molecule has 0 heterocycles. The van der Waals surface area contributed by atoms with Crippen molar-refractivity contribution in [3.63, 3.8) is 0 Å². The summed E-state index contributed by atoms with van der Waals surface area (Å²) in [6.45, 7) is 10.3. The van der Waals surface area contributed by atoms with Gasteiger partial charge in [0.1, 0.15) is 52.8 Å². The van der Waals surface area contributed by atoms with Gasteiger partial charge in [-0.2, -0.15) is 0 Å². The maximum atomic E-state index is 12.1. The lowest BCUT2D eigenvalue weighted by Crippen LogP contribution is -2.11. The zero-order chi connectivity index (χ0) is 57.5. The zero-order valence-electron chi connectivity index (χ0n) is 50.2. The van der Waals surface area contributed by atoms with Gasteiger partial charge in [0.15, 0.2) is 0 Å². The van der Waals surface area contributed by atoms with E-state index in [1.165, 1.54) is 101 Å². The van der Waals surface area contributed by atoms with Crippen molar-refractivity contribution in [2.75, 3.05) is 20.0 Å². The Labute approximate surface area is 483 Å². The minimum absolute atomic E-state index is 0.102. The summed E-state index contributed by atoms with van der Waals surface area (Å²) >= 11 is 0. The molecule has 0 fully saturated rings. The highest BCUT2D eigenvalue weighted by atomic mass is 16.7. The Morgan fingerprint density at radius 2 is 0.450 bits per heavy atom. The van der Waals surface area contributed by atoms with Crippen LogP contribution in [0.25, 0.3) is 0 Å². The fourth-order valence-electron chi connectivity index (χ4n) is 12.7. The predicted octanol–water partition coefficient (Wildman–Crippen LogP) is 19.9. The molecule has 4 aromatic carbocycles. The summed E-state index contributed by atoms with van der Waals surface area (Å²) in [5.41, 5.74) is 4.31. The third-order valence-corrected chi connectivity index (χ3v) is 17.4. The SMILES string of the molecule is CCCCCCCCCCC1c2cc(c(O)cc2O)C(CCCCCCCCCC)c2cc(c(O)cc2O)C(CCCCCCCCCOCOCC)c2cc(c(O)cc2O)C(CCCCCCCCCC)c2cc1c(O)cc2O. The van der Waals surface area contributed by atoms with E-state index in [9.17, 15) is 40.9 Å². The molecule has 10 heteroatoms. The molecule has 2 unspecified atom stereocenters. The van der Waals surface area contributed by atoms with Crippen LogP contribution in [0.15, 0.2) is 48.5 Å². The first-order chi connectivity index (χ1) is 38.9. The third-order valence-electron chi connectivity index (χ3n) is 17.4. The summed E-state index contributed by atoms with van der Waals surface area (Å²) in [6.07, 6.45) is 35.5. The van der Waals surface area contributed by atoms with E-state index in [-0.39, 0.29) is 46.0 Å². The van der Waals surface area contributed by atoms with E-state index in [0.29, 0.717) is 90.2 Å². The Kier molecular flexibility index (Phi) is 30.8. The standard InChI is InChI=1S/C70H108O10/c1-5-9-12-15-18-22-27-32-37-51-55-42-57(65(73)46-63(55)71)52(38-33-28-23-19-16-13-10-6-2)59-44-61(69(77)48-67(59)75)54(40-35-30-25-21-26-31-36-41-80-50-79-8-4)62-45-60(68(76)49-70(62)78)53(39-34-29-24-20-17-14-11-7-3)58-43-56(51)64(72)47-66(58)74/h42-49,51-54,71-78H,5-41,50H2,1-4H3. The van der Waals surface area contributed by atoms with Gasteiger partial charge in [0.25, 0.3) is 0 Å². The first-order valence-electron chi connectivity index (χ1n) is 32.3. The average Bonchev–Trinajstić information content (AvgIpc) is 3.60. The van der Waals surface area contributed by atoms with Crippen molar-refractivity contribution in [3.05, 3.63) is 93.0 Å². The number of phenolic OH excluding ortho intramolecular Hbond substituents is 8. The lowest BCUT2D eigenvalue weighted by molar-refractivity contribution is -0.0502. The second kappa shape index (κ2) is 37.3. The van der Waals surface area contributed by atoms with E-state index in [2.05, 4.69) is 20.8 Å². The van der Waals surface area contributed by atoms with E-state index in [0.717, 1.165) is 122 Å². The fraction of sp³-hybridized carbons (Fsp3) is 0.657. The van der Waals surface area contributed by atoms with Gasteiger partial charge in [0.2, 0.25) is 0 Å². The van der Waals surface area contributed by atoms with Gasteiger partial charge in [-0.1, -0.05) is 213 Å². The lowest BCUT2D eigenvalue weighted by atomic mass is 9.76. The molecular weight excluding hydrogens is 1000 g/mol. The molecule has 0 aromatic heterocycles. The number of unbranched alkanes of at least 4 members (excludes halogenated alkanes) is 27. The van der Waals surface area contributed by atoms with Gasteiger partial charge in [-0.15, -0.1) is 0 Å². The van der Waals surface area contributed by atoms with Gasteiger partial charge >= 0.3 is 0 Å². The number of phenols is 8. The zero-order valence-corrected chi connectivity index (χ0v) is 50.2. The first-order valence-corrected chi connectivity index (χ1v) is 32.3. The quantitative estimate of drug-likeness (QED) is 0.0158. The summed E-state index contributed by atoms with van der Waals surface area (Å²) in [5, 5.41) is 96.9. The minimum Gasteiger partial charge on any atom is -0.508 e. The van der Waals surface area contributed by atoms with E-state index >= 15 is 0 Å². The van der Waals surface area contributed by atoms with Gasteiger partial charge < -0.3 is 50.3 Å². The average molecular weight is 1110 g/mol. The number of rotatable bonds is 40. The van der Waals surface area contributed by atoms with Gasteiger partial charge in [0.05, 0.1) is 0 Å². The number of fused-ring (bicyclic) bond motifs is 8. The highest BCUT2D eigenvalue weighted by Gasteiger charge is 2.33. The first kappa shape index (κ1) is 66.0. The normalized spacial score (nSPS) is 16.1. The summed E-state index contributed by atoms with van der Waals surface area (Å²) in [4.78, 5) is 0.